The summed E-state index contributed by atoms with van der Waals surface area (Å²) in [5.74, 6) is -0.692. The van der Waals surface area contributed by atoms with E-state index in [4.69, 9.17) is 4.74 Å². The molecule has 0 radical (unpaired) electrons. The third kappa shape index (κ3) is 3.86. The number of nitrogens with zero attached hydrogens (tertiary/aromatic N) is 3. The number of rotatable bonds is 4. The fraction of sp³-hybridized carbons (Fsp3) is 0.400. The topological polar surface area (TPSA) is 42.3 Å². The number of ether oxygens (including phenoxy) is 1. The normalized spacial score (nSPS) is 19.1. The Kier molecular flexibility index (Phi) is 5.59. The van der Waals surface area contributed by atoms with Gasteiger partial charge in [-0.25, -0.2) is 8.78 Å². The van der Waals surface area contributed by atoms with Crippen molar-refractivity contribution in [2.45, 2.75) is 44.7 Å². The van der Waals surface area contributed by atoms with Gasteiger partial charge in [0.05, 0.1) is 12.2 Å². The number of benzene rings is 2. The summed E-state index contributed by atoms with van der Waals surface area (Å²) < 4.78 is 36.2. The molecule has 0 amide bonds. The highest BCUT2D eigenvalue weighted by Crippen LogP contribution is 2.44. The van der Waals surface area contributed by atoms with Crippen LogP contribution in [0.15, 0.2) is 42.7 Å². The van der Waals surface area contributed by atoms with Crippen molar-refractivity contribution in [1.29, 1.82) is 0 Å². The van der Waals surface area contributed by atoms with Gasteiger partial charge in [0.1, 0.15) is 11.6 Å². The van der Waals surface area contributed by atoms with Gasteiger partial charge in [0.25, 0.3) is 0 Å². The lowest BCUT2D eigenvalue weighted by molar-refractivity contribution is 0.343. The van der Waals surface area contributed by atoms with Gasteiger partial charge in [0, 0.05) is 47.7 Å². The van der Waals surface area contributed by atoms with Gasteiger partial charge in [-0.1, -0.05) is 0 Å². The van der Waals surface area contributed by atoms with Crippen LogP contribution in [0.2, 0.25) is 0 Å². The molecule has 0 aliphatic carbocycles. The first kappa shape index (κ1) is 20.9. The van der Waals surface area contributed by atoms with Crippen LogP contribution in [0.4, 0.5) is 14.5 Å². The molecule has 2 aliphatic rings. The van der Waals surface area contributed by atoms with Gasteiger partial charge < -0.3 is 15.0 Å². The van der Waals surface area contributed by atoms with Crippen molar-refractivity contribution in [3.63, 3.8) is 0 Å². The monoisotopic (exact) mass is 438 g/mol. The third-order valence-corrected chi connectivity index (χ3v) is 6.79. The maximum atomic E-state index is 14.5. The summed E-state index contributed by atoms with van der Waals surface area (Å²) in [6.45, 7) is 4.17. The molecule has 2 aromatic carbocycles. The Morgan fingerprint density at radius 2 is 1.91 bits per heavy atom. The predicted molar refractivity (Wildman–Crippen MR) is 121 cm³/mol. The zero-order valence-corrected chi connectivity index (χ0v) is 18.4. The molecule has 1 fully saturated rings. The number of anilines is 1. The van der Waals surface area contributed by atoms with Crippen LogP contribution in [-0.2, 0) is 6.42 Å². The van der Waals surface area contributed by atoms with Crippen LogP contribution < -0.4 is 15.0 Å². The van der Waals surface area contributed by atoms with Crippen molar-refractivity contribution >= 4 is 5.69 Å². The molecule has 5 rings (SSSR count). The van der Waals surface area contributed by atoms with E-state index < -0.39 is 11.6 Å². The second-order valence-electron chi connectivity index (χ2n) is 8.81. The molecule has 7 heteroatoms. The smallest absolute Gasteiger partial charge is 0.168 e. The van der Waals surface area contributed by atoms with E-state index in [9.17, 15) is 8.78 Å². The Bertz CT molecular complexity index is 1120. The van der Waals surface area contributed by atoms with E-state index in [0.29, 0.717) is 17.8 Å². The fourth-order valence-electron chi connectivity index (χ4n) is 4.73. The molecule has 32 heavy (non-hydrogen) atoms. The molecule has 3 aromatic rings. The second kappa shape index (κ2) is 8.54. The van der Waals surface area contributed by atoms with E-state index in [1.165, 1.54) is 12.1 Å². The first-order valence-electron chi connectivity index (χ1n) is 11.3. The Balaban J connectivity index is 1.58. The van der Waals surface area contributed by atoms with Crippen molar-refractivity contribution in [3.8, 4) is 22.6 Å². The minimum Gasteiger partial charge on any atom is -0.453 e. The van der Waals surface area contributed by atoms with Gasteiger partial charge in [-0.15, -0.1) is 0 Å². The van der Waals surface area contributed by atoms with Crippen LogP contribution in [-0.4, -0.2) is 36.0 Å². The Morgan fingerprint density at radius 1 is 1.09 bits per heavy atom. The summed E-state index contributed by atoms with van der Waals surface area (Å²) in [5, 5.41) is 8.01. The molecular formula is C25H28F2N4O. The molecular weight excluding hydrogens is 410 g/mol. The van der Waals surface area contributed by atoms with Crippen LogP contribution >= 0.6 is 0 Å². The fourth-order valence-corrected chi connectivity index (χ4v) is 4.73. The summed E-state index contributed by atoms with van der Waals surface area (Å²) in [4.78, 5) is 2.23. The van der Waals surface area contributed by atoms with Crippen LogP contribution in [0.3, 0.4) is 0 Å². The summed E-state index contributed by atoms with van der Waals surface area (Å²) in [6.07, 6.45) is 7.79. The first-order valence-corrected chi connectivity index (χ1v) is 11.3. The minimum atomic E-state index is -0.712. The summed E-state index contributed by atoms with van der Waals surface area (Å²) in [6, 6.07) is 8.33. The maximum Gasteiger partial charge on any atom is 0.168 e. The standard InChI is InChI=1S/C25H28F2N4O/c1-16-3-5-21-23(30(16)2)7-6-20(25(21)32-24-8-4-18(26)13-22(24)27)17-14-29-31(15-17)19-9-11-28-12-10-19/h4,6-8,13-16,19,28H,3,5,9-12H2,1-2H3. The molecule has 1 aromatic heterocycles. The summed E-state index contributed by atoms with van der Waals surface area (Å²) in [5.41, 5.74) is 3.93. The molecule has 2 aliphatic heterocycles. The highest BCUT2D eigenvalue weighted by molar-refractivity contribution is 5.78. The molecule has 168 valence electrons. The van der Waals surface area contributed by atoms with Crippen molar-refractivity contribution in [1.82, 2.24) is 15.1 Å². The lowest BCUT2D eigenvalue weighted by atomic mass is 9.92. The molecule has 0 bridgehead atoms. The van der Waals surface area contributed by atoms with Gasteiger partial charge in [-0.05, 0) is 70.0 Å². The van der Waals surface area contributed by atoms with E-state index in [1.807, 2.05) is 16.9 Å². The number of halogens is 2. The average molecular weight is 439 g/mol. The highest BCUT2D eigenvalue weighted by Gasteiger charge is 2.27. The highest BCUT2D eigenvalue weighted by atomic mass is 19.1. The van der Waals surface area contributed by atoms with Crippen molar-refractivity contribution < 1.29 is 13.5 Å². The molecule has 0 saturated carbocycles. The van der Waals surface area contributed by atoms with E-state index in [-0.39, 0.29) is 5.75 Å². The van der Waals surface area contributed by atoms with Gasteiger partial charge in [-0.3, -0.25) is 4.68 Å². The van der Waals surface area contributed by atoms with Crippen LogP contribution in [0.25, 0.3) is 11.1 Å². The van der Waals surface area contributed by atoms with E-state index in [1.54, 1.807) is 0 Å². The SMILES string of the molecule is CC1CCc2c(ccc(-c3cnn(C4CCNCC4)c3)c2Oc2ccc(F)cc2F)N1C. The van der Waals surface area contributed by atoms with Crippen molar-refractivity contribution in [3.05, 3.63) is 59.9 Å². The first-order chi connectivity index (χ1) is 15.5. The Hall–Kier alpha value is -2.93. The summed E-state index contributed by atoms with van der Waals surface area (Å²) in [7, 11) is 2.07. The lowest BCUT2D eigenvalue weighted by Gasteiger charge is -2.35. The third-order valence-electron chi connectivity index (χ3n) is 6.79. The molecule has 1 saturated heterocycles. The van der Waals surface area contributed by atoms with E-state index >= 15 is 0 Å². The molecule has 1 N–H and O–H groups in total. The van der Waals surface area contributed by atoms with E-state index in [2.05, 4.69) is 41.5 Å². The van der Waals surface area contributed by atoms with Gasteiger partial charge >= 0.3 is 0 Å². The van der Waals surface area contributed by atoms with Crippen LogP contribution in [0.1, 0.15) is 37.8 Å². The Morgan fingerprint density at radius 3 is 2.69 bits per heavy atom. The van der Waals surface area contributed by atoms with Gasteiger partial charge in [0.2, 0.25) is 0 Å². The molecule has 1 unspecified atom stereocenters. The average Bonchev–Trinajstić information content (AvgIpc) is 3.29. The largest absolute Gasteiger partial charge is 0.453 e. The van der Waals surface area contributed by atoms with E-state index in [0.717, 1.165) is 67.2 Å². The van der Waals surface area contributed by atoms with Gasteiger partial charge in [0.15, 0.2) is 11.6 Å². The quantitative estimate of drug-likeness (QED) is 0.599. The number of nitrogens with one attached hydrogen (secondary N) is 1. The lowest BCUT2D eigenvalue weighted by Crippen LogP contribution is -2.33. The zero-order chi connectivity index (χ0) is 22.2. The predicted octanol–water partition coefficient (Wildman–Crippen LogP) is 5.32. The number of hydrogen-bond donors (Lipinski definition) is 1. The molecule has 3 heterocycles. The Labute approximate surface area is 187 Å². The number of hydrogen-bond acceptors (Lipinski definition) is 4. The number of fused-ring (bicyclic) bond motifs is 1. The minimum absolute atomic E-state index is 0.0214. The van der Waals surface area contributed by atoms with Crippen molar-refractivity contribution in [2.24, 2.45) is 0 Å². The maximum absolute atomic E-state index is 14.5. The molecule has 5 nitrogen and oxygen atoms in total. The summed E-state index contributed by atoms with van der Waals surface area (Å²) >= 11 is 0. The van der Waals surface area contributed by atoms with Crippen LogP contribution in [0, 0.1) is 11.6 Å². The zero-order valence-electron chi connectivity index (χ0n) is 18.4. The second-order valence-corrected chi connectivity index (χ2v) is 8.81. The number of piperidine rings is 1. The molecule has 1 atom stereocenters. The molecule has 0 spiro atoms. The van der Waals surface area contributed by atoms with Crippen LogP contribution in [0.5, 0.6) is 11.5 Å². The van der Waals surface area contributed by atoms with Crippen molar-refractivity contribution in [2.75, 3.05) is 25.0 Å². The van der Waals surface area contributed by atoms with Gasteiger partial charge in [-0.2, -0.15) is 5.10 Å². The number of aromatic nitrogens is 2.